The first-order chi connectivity index (χ1) is 9.84. The molecule has 0 aromatic heterocycles. The van der Waals surface area contributed by atoms with Crippen molar-refractivity contribution in [2.24, 2.45) is 0 Å². The maximum atomic E-state index is 12.9. The van der Waals surface area contributed by atoms with Crippen molar-refractivity contribution in [3.8, 4) is 0 Å². The monoisotopic (exact) mass is 310 g/mol. The number of sulfonamides is 1. The van der Waals surface area contributed by atoms with E-state index in [1.54, 1.807) is 12.1 Å². The van der Waals surface area contributed by atoms with Crippen LogP contribution in [-0.2, 0) is 16.6 Å². The highest BCUT2D eigenvalue weighted by molar-refractivity contribution is 7.89. The van der Waals surface area contributed by atoms with Crippen LogP contribution < -0.4 is 5.32 Å². The molecule has 0 spiro atoms. The Morgan fingerprint density at radius 3 is 2.57 bits per heavy atom. The van der Waals surface area contributed by atoms with Crippen molar-refractivity contribution >= 4 is 10.0 Å². The largest absolute Gasteiger partial charge is 0.313 e. The van der Waals surface area contributed by atoms with Crippen LogP contribution in [0.25, 0.3) is 0 Å². The summed E-state index contributed by atoms with van der Waals surface area (Å²) < 4.78 is 27.2. The molecule has 5 heteroatoms. The average Bonchev–Trinajstić information content (AvgIpc) is 2.43. The van der Waals surface area contributed by atoms with Gasteiger partial charge in [-0.3, -0.25) is 0 Å². The second kappa shape index (κ2) is 7.73. The minimum absolute atomic E-state index is 0.107. The number of benzene rings is 1. The number of nitrogens with zero attached hydrogens (tertiary/aromatic N) is 1. The third-order valence-corrected chi connectivity index (χ3v) is 5.49. The standard InChI is InChI=1S/C16H26N2O2S/c1-6-10-18(13(3)4)21(19,20)16-11-15(12-17-7-2)9-8-14(16)5/h6,8-9,11,13,17H,1,7,10,12H2,2-5H3. The fraction of sp³-hybridized carbons (Fsp3) is 0.500. The number of aryl methyl sites for hydroxylation is 1. The Hall–Kier alpha value is -1.17. The van der Waals surface area contributed by atoms with Gasteiger partial charge in [-0.25, -0.2) is 8.42 Å². The van der Waals surface area contributed by atoms with Crippen molar-refractivity contribution in [1.29, 1.82) is 0 Å². The highest BCUT2D eigenvalue weighted by Crippen LogP contribution is 2.23. The van der Waals surface area contributed by atoms with Crippen LogP contribution in [0.3, 0.4) is 0 Å². The van der Waals surface area contributed by atoms with Crippen LogP contribution in [0, 0.1) is 6.92 Å². The maximum Gasteiger partial charge on any atom is 0.243 e. The molecule has 1 aromatic carbocycles. The van der Waals surface area contributed by atoms with Crippen molar-refractivity contribution in [3.05, 3.63) is 42.0 Å². The van der Waals surface area contributed by atoms with Crippen molar-refractivity contribution in [3.63, 3.8) is 0 Å². The summed E-state index contributed by atoms with van der Waals surface area (Å²) in [5.74, 6) is 0. The Kier molecular flexibility index (Phi) is 6.58. The second-order valence-corrected chi connectivity index (χ2v) is 7.20. The van der Waals surface area contributed by atoms with Crippen molar-refractivity contribution in [1.82, 2.24) is 9.62 Å². The SMILES string of the molecule is C=CCN(C(C)C)S(=O)(=O)c1cc(CNCC)ccc1C. The van der Waals surface area contributed by atoms with Gasteiger partial charge in [-0.05, 0) is 44.5 Å². The van der Waals surface area contributed by atoms with Gasteiger partial charge in [-0.15, -0.1) is 6.58 Å². The molecule has 0 unspecified atom stereocenters. The lowest BCUT2D eigenvalue weighted by Gasteiger charge is -2.25. The Bertz CT molecular complexity index is 580. The smallest absolute Gasteiger partial charge is 0.243 e. The highest BCUT2D eigenvalue weighted by atomic mass is 32.2. The zero-order valence-electron chi connectivity index (χ0n) is 13.4. The molecule has 4 nitrogen and oxygen atoms in total. The first kappa shape index (κ1) is 17.9. The first-order valence-corrected chi connectivity index (χ1v) is 8.71. The van der Waals surface area contributed by atoms with E-state index < -0.39 is 10.0 Å². The molecule has 118 valence electrons. The normalized spacial score (nSPS) is 12.1. The number of rotatable bonds is 8. The zero-order valence-corrected chi connectivity index (χ0v) is 14.2. The summed E-state index contributed by atoms with van der Waals surface area (Å²) >= 11 is 0. The Labute approximate surface area is 128 Å². The van der Waals surface area contributed by atoms with E-state index in [2.05, 4.69) is 11.9 Å². The van der Waals surface area contributed by atoms with E-state index in [9.17, 15) is 8.42 Å². The van der Waals surface area contributed by atoms with Gasteiger partial charge in [-0.1, -0.05) is 25.1 Å². The average molecular weight is 310 g/mol. The maximum absolute atomic E-state index is 12.9. The van der Waals surface area contributed by atoms with Gasteiger partial charge in [0.15, 0.2) is 0 Å². The molecule has 0 aliphatic rings. The van der Waals surface area contributed by atoms with Gasteiger partial charge in [0.25, 0.3) is 0 Å². The van der Waals surface area contributed by atoms with Crippen LogP contribution in [0.2, 0.25) is 0 Å². The molecule has 0 aliphatic heterocycles. The summed E-state index contributed by atoms with van der Waals surface area (Å²) in [6.45, 7) is 13.1. The topological polar surface area (TPSA) is 49.4 Å². The van der Waals surface area contributed by atoms with Gasteiger partial charge in [0.05, 0.1) is 4.90 Å². The minimum atomic E-state index is -3.51. The summed E-state index contributed by atoms with van der Waals surface area (Å²) in [4.78, 5) is 0.383. The summed E-state index contributed by atoms with van der Waals surface area (Å²) in [6.07, 6.45) is 1.62. The predicted molar refractivity (Wildman–Crippen MR) is 87.8 cm³/mol. The van der Waals surface area contributed by atoms with Crippen LogP contribution in [0.15, 0.2) is 35.7 Å². The Morgan fingerprint density at radius 2 is 2.05 bits per heavy atom. The first-order valence-electron chi connectivity index (χ1n) is 7.27. The third-order valence-electron chi connectivity index (χ3n) is 3.30. The Morgan fingerprint density at radius 1 is 1.38 bits per heavy atom. The molecule has 0 fully saturated rings. The molecule has 0 saturated carbocycles. The molecular formula is C16H26N2O2S. The molecule has 1 N–H and O–H groups in total. The Balaban J connectivity index is 3.25. The predicted octanol–water partition coefficient (Wildman–Crippen LogP) is 2.69. The van der Waals surface area contributed by atoms with Gasteiger partial charge >= 0.3 is 0 Å². The van der Waals surface area contributed by atoms with E-state index in [1.165, 1.54) is 4.31 Å². The lowest BCUT2D eigenvalue weighted by Crippen LogP contribution is -2.37. The van der Waals surface area contributed by atoms with Crippen LogP contribution in [0.1, 0.15) is 31.9 Å². The summed E-state index contributed by atoms with van der Waals surface area (Å²) in [5.41, 5.74) is 1.74. The second-order valence-electron chi connectivity index (χ2n) is 5.34. The van der Waals surface area contributed by atoms with Crippen LogP contribution >= 0.6 is 0 Å². The van der Waals surface area contributed by atoms with Crippen LogP contribution in [-0.4, -0.2) is 31.9 Å². The highest BCUT2D eigenvalue weighted by Gasteiger charge is 2.27. The van der Waals surface area contributed by atoms with E-state index in [0.717, 1.165) is 17.7 Å². The van der Waals surface area contributed by atoms with E-state index in [1.807, 2.05) is 39.8 Å². The van der Waals surface area contributed by atoms with Crippen molar-refractivity contribution in [2.45, 2.75) is 45.2 Å². The van der Waals surface area contributed by atoms with Gasteiger partial charge in [0.2, 0.25) is 10.0 Å². The lowest BCUT2D eigenvalue weighted by atomic mass is 10.1. The van der Waals surface area contributed by atoms with Crippen molar-refractivity contribution in [2.75, 3.05) is 13.1 Å². The van der Waals surface area contributed by atoms with Gasteiger partial charge in [0, 0.05) is 19.1 Å². The molecule has 21 heavy (non-hydrogen) atoms. The summed E-state index contributed by atoms with van der Waals surface area (Å²) in [5, 5.41) is 3.22. The van der Waals surface area contributed by atoms with E-state index in [-0.39, 0.29) is 6.04 Å². The molecule has 0 radical (unpaired) electrons. The molecule has 0 saturated heterocycles. The summed E-state index contributed by atoms with van der Waals surface area (Å²) in [7, 11) is -3.51. The van der Waals surface area contributed by atoms with Gasteiger partial charge in [0.1, 0.15) is 0 Å². The lowest BCUT2D eigenvalue weighted by molar-refractivity contribution is 0.382. The van der Waals surface area contributed by atoms with Crippen LogP contribution in [0.5, 0.6) is 0 Å². The van der Waals surface area contributed by atoms with Gasteiger partial charge < -0.3 is 5.32 Å². The third kappa shape index (κ3) is 4.40. The summed E-state index contributed by atoms with van der Waals surface area (Å²) in [6, 6.07) is 5.49. The zero-order chi connectivity index (χ0) is 16.0. The minimum Gasteiger partial charge on any atom is -0.313 e. The molecule has 0 bridgehead atoms. The fourth-order valence-electron chi connectivity index (χ4n) is 2.14. The molecule has 1 aromatic rings. The van der Waals surface area contributed by atoms with E-state index in [0.29, 0.717) is 18.0 Å². The van der Waals surface area contributed by atoms with Crippen LogP contribution in [0.4, 0.5) is 0 Å². The van der Waals surface area contributed by atoms with E-state index in [4.69, 9.17) is 0 Å². The molecule has 0 aliphatic carbocycles. The number of hydrogen-bond donors (Lipinski definition) is 1. The fourth-order valence-corrected chi connectivity index (χ4v) is 4.03. The van der Waals surface area contributed by atoms with Crippen molar-refractivity contribution < 1.29 is 8.42 Å². The van der Waals surface area contributed by atoms with Gasteiger partial charge in [-0.2, -0.15) is 4.31 Å². The van der Waals surface area contributed by atoms with E-state index >= 15 is 0 Å². The molecular weight excluding hydrogens is 284 g/mol. The molecule has 0 atom stereocenters. The molecule has 1 rings (SSSR count). The quantitative estimate of drug-likeness (QED) is 0.751. The number of hydrogen-bond acceptors (Lipinski definition) is 3. The number of nitrogens with one attached hydrogen (secondary N) is 1. The molecule has 0 heterocycles. The molecule has 0 amide bonds.